The number of nitrogens with one attached hydrogen (secondary N) is 1. The van der Waals surface area contributed by atoms with Crippen molar-refractivity contribution in [2.75, 3.05) is 13.7 Å². The van der Waals surface area contributed by atoms with Crippen LogP contribution in [0.15, 0.2) is 42.7 Å². The van der Waals surface area contributed by atoms with E-state index in [4.69, 9.17) is 4.74 Å². The molecule has 5 heteroatoms. The maximum Gasteiger partial charge on any atom is 0.251 e. The minimum absolute atomic E-state index is 0.0108. The lowest BCUT2D eigenvalue weighted by Crippen LogP contribution is -2.35. The monoisotopic (exact) mass is 259 g/mol. The summed E-state index contributed by atoms with van der Waals surface area (Å²) >= 11 is 0. The summed E-state index contributed by atoms with van der Waals surface area (Å²) in [6.07, 6.45) is 3.57. The van der Waals surface area contributed by atoms with Crippen molar-refractivity contribution in [1.29, 1.82) is 0 Å². The molecular formula is C14H17N3O2. The summed E-state index contributed by atoms with van der Waals surface area (Å²) in [6, 6.07) is 9.14. The molecule has 100 valence electrons. The molecule has 0 fully saturated rings. The number of aromatic nitrogens is 2. The number of hydrogen-bond donors (Lipinski definition) is 1. The first-order valence-corrected chi connectivity index (χ1v) is 6.10. The van der Waals surface area contributed by atoms with Gasteiger partial charge in [-0.1, -0.05) is 0 Å². The Bertz CT molecular complexity index is 520. The molecule has 2 aromatic rings. The van der Waals surface area contributed by atoms with E-state index in [0.29, 0.717) is 12.2 Å². The molecule has 0 bridgehead atoms. The van der Waals surface area contributed by atoms with E-state index in [2.05, 4.69) is 10.4 Å². The predicted molar refractivity (Wildman–Crippen MR) is 72.4 cm³/mol. The summed E-state index contributed by atoms with van der Waals surface area (Å²) in [7, 11) is 1.61. The SMILES string of the molecule is COCC(C)NC(=O)c1ccc(-n2cccn2)cc1. The fraction of sp³-hybridized carbons (Fsp3) is 0.286. The second kappa shape index (κ2) is 6.15. The molecule has 1 amide bonds. The van der Waals surface area contributed by atoms with Crippen LogP contribution in [-0.4, -0.2) is 35.4 Å². The van der Waals surface area contributed by atoms with Crippen LogP contribution in [0.5, 0.6) is 0 Å². The van der Waals surface area contributed by atoms with Gasteiger partial charge in [0.1, 0.15) is 0 Å². The maximum atomic E-state index is 11.9. The fourth-order valence-corrected chi connectivity index (χ4v) is 1.79. The predicted octanol–water partition coefficient (Wildman–Crippen LogP) is 1.64. The van der Waals surface area contributed by atoms with Gasteiger partial charge in [0.2, 0.25) is 0 Å². The second-order valence-electron chi connectivity index (χ2n) is 4.33. The van der Waals surface area contributed by atoms with Crippen LogP contribution in [0.4, 0.5) is 0 Å². The molecule has 19 heavy (non-hydrogen) atoms. The topological polar surface area (TPSA) is 56.1 Å². The van der Waals surface area contributed by atoms with E-state index in [1.54, 1.807) is 30.1 Å². The molecule has 2 rings (SSSR count). The Morgan fingerprint density at radius 1 is 1.42 bits per heavy atom. The normalized spacial score (nSPS) is 12.1. The highest BCUT2D eigenvalue weighted by atomic mass is 16.5. The van der Waals surface area contributed by atoms with Crippen molar-refractivity contribution in [3.63, 3.8) is 0 Å². The van der Waals surface area contributed by atoms with Crippen molar-refractivity contribution in [1.82, 2.24) is 15.1 Å². The number of nitrogens with zero attached hydrogens (tertiary/aromatic N) is 2. The Hall–Kier alpha value is -2.14. The molecule has 1 aromatic carbocycles. The van der Waals surface area contributed by atoms with E-state index < -0.39 is 0 Å². The first-order chi connectivity index (χ1) is 9.20. The van der Waals surface area contributed by atoms with E-state index in [-0.39, 0.29) is 11.9 Å². The van der Waals surface area contributed by atoms with Crippen molar-refractivity contribution in [3.05, 3.63) is 48.3 Å². The first kappa shape index (κ1) is 13.3. The lowest BCUT2D eigenvalue weighted by Gasteiger charge is -2.12. The zero-order valence-electron chi connectivity index (χ0n) is 11.0. The van der Waals surface area contributed by atoms with Crippen LogP contribution in [0.25, 0.3) is 5.69 Å². The van der Waals surface area contributed by atoms with Crippen LogP contribution in [0.1, 0.15) is 17.3 Å². The molecule has 1 aromatic heterocycles. The highest BCUT2D eigenvalue weighted by Crippen LogP contribution is 2.08. The average Bonchev–Trinajstić information content (AvgIpc) is 2.93. The van der Waals surface area contributed by atoms with Gasteiger partial charge in [0, 0.05) is 31.1 Å². The van der Waals surface area contributed by atoms with Crippen molar-refractivity contribution < 1.29 is 9.53 Å². The van der Waals surface area contributed by atoms with Gasteiger partial charge >= 0.3 is 0 Å². The minimum atomic E-state index is -0.100. The third kappa shape index (κ3) is 3.42. The van der Waals surface area contributed by atoms with Crippen LogP contribution in [0.2, 0.25) is 0 Å². The molecule has 0 aliphatic carbocycles. The molecule has 1 unspecified atom stereocenters. The van der Waals surface area contributed by atoms with Crippen molar-refractivity contribution in [2.45, 2.75) is 13.0 Å². The Labute approximate surface area is 112 Å². The molecule has 0 saturated carbocycles. The summed E-state index contributed by atoms with van der Waals surface area (Å²) in [5, 5.41) is 7.00. The maximum absolute atomic E-state index is 11.9. The van der Waals surface area contributed by atoms with Gasteiger partial charge in [-0.25, -0.2) is 4.68 Å². The van der Waals surface area contributed by atoms with E-state index in [1.165, 1.54) is 0 Å². The lowest BCUT2D eigenvalue weighted by molar-refractivity contribution is 0.0905. The van der Waals surface area contributed by atoms with Crippen LogP contribution in [-0.2, 0) is 4.74 Å². The zero-order chi connectivity index (χ0) is 13.7. The zero-order valence-corrected chi connectivity index (χ0v) is 11.0. The number of benzene rings is 1. The molecule has 1 atom stereocenters. The van der Waals surface area contributed by atoms with Gasteiger partial charge in [0.05, 0.1) is 12.3 Å². The third-order valence-corrected chi connectivity index (χ3v) is 2.69. The summed E-state index contributed by atoms with van der Waals surface area (Å²) < 4.78 is 6.73. The number of amides is 1. The lowest BCUT2D eigenvalue weighted by atomic mass is 10.2. The molecular weight excluding hydrogens is 242 g/mol. The van der Waals surface area contributed by atoms with Crippen LogP contribution in [0, 0.1) is 0 Å². The van der Waals surface area contributed by atoms with Crippen LogP contribution in [0.3, 0.4) is 0 Å². The first-order valence-electron chi connectivity index (χ1n) is 6.10. The van der Waals surface area contributed by atoms with Gasteiger partial charge in [-0.15, -0.1) is 0 Å². The quantitative estimate of drug-likeness (QED) is 0.888. The Morgan fingerprint density at radius 3 is 2.74 bits per heavy atom. The molecule has 0 aliphatic heterocycles. The standard InChI is InChI=1S/C14H17N3O2/c1-11(10-19-2)16-14(18)12-4-6-13(7-5-12)17-9-3-8-15-17/h3-9,11H,10H2,1-2H3,(H,16,18). The van der Waals surface area contributed by atoms with E-state index in [9.17, 15) is 4.79 Å². The van der Waals surface area contributed by atoms with Gasteiger partial charge in [-0.3, -0.25) is 4.79 Å². The van der Waals surface area contributed by atoms with Crippen molar-refractivity contribution >= 4 is 5.91 Å². The summed E-state index contributed by atoms with van der Waals surface area (Å²) in [5.74, 6) is -0.100. The molecule has 1 N–H and O–H groups in total. The fourth-order valence-electron chi connectivity index (χ4n) is 1.79. The van der Waals surface area contributed by atoms with Gasteiger partial charge in [-0.05, 0) is 37.3 Å². The molecule has 5 nitrogen and oxygen atoms in total. The Balaban J connectivity index is 2.04. The minimum Gasteiger partial charge on any atom is -0.383 e. The van der Waals surface area contributed by atoms with Crippen LogP contribution < -0.4 is 5.32 Å². The third-order valence-electron chi connectivity index (χ3n) is 2.69. The Kier molecular flexibility index (Phi) is 4.30. The van der Waals surface area contributed by atoms with Crippen molar-refractivity contribution in [3.8, 4) is 5.69 Å². The molecule has 0 spiro atoms. The summed E-state index contributed by atoms with van der Waals surface area (Å²) in [5.41, 5.74) is 1.55. The number of carbonyl (C=O) groups excluding carboxylic acids is 1. The molecule has 0 saturated heterocycles. The van der Waals surface area contributed by atoms with Crippen LogP contribution >= 0.6 is 0 Å². The van der Waals surface area contributed by atoms with E-state index in [0.717, 1.165) is 5.69 Å². The summed E-state index contributed by atoms with van der Waals surface area (Å²) in [6.45, 7) is 2.40. The average molecular weight is 259 g/mol. The summed E-state index contributed by atoms with van der Waals surface area (Å²) in [4.78, 5) is 11.9. The van der Waals surface area contributed by atoms with Gasteiger partial charge < -0.3 is 10.1 Å². The van der Waals surface area contributed by atoms with E-state index in [1.807, 2.05) is 31.3 Å². The van der Waals surface area contributed by atoms with E-state index >= 15 is 0 Å². The highest BCUT2D eigenvalue weighted by molar-refractivity contribution is 5.94. The van der Waals surface area contributed by atoms with Gasteiger partial charge in [0.25, 0.3) is 5.91 Å². The number of carbonyl (C=O) groups is 1. The van der Waals surface area contributed by atoms with Gasteiger partial charge in [-0.2, -0.15) is 5.10 Å². The Morgan fingerprint density at radius 2 is 2.16 bits per heavy atom. The molecule has 0 aliphatic rings. The number of methoxy groups -OCH3 is 1. The second-order valence-corrected chi connectivity index (χ2v) is 4.33. The number of ether oxygens (including phenoxy) is 1. The number of hydrogen-bond acceptors (Lipinski definition) is 3. The van der Waals surface area contributed by atoms with Gasteiger partial charge in [0.15, 0.2) is 0 Å². The number of rotatable bonds is 5. The highest BCUT2D eigenvalue weighted by Gasteiger charge is 2.09. The molecule has 0 radical (unpaired) electrons. The largest absolute Gasteiger partial charge is 0.383 e. The smallest absolute Gasteiger partial charge is 0.251 e. The van der Waals surface area contributed by atoms with Crippen molar-refractivity contribution in [2.24, 2.45) is 0 Å². The molecule has 1 heterocycles.